The molecule has 1 aliphatic rings. The number of carbonyl (C=O) groups is 1. The summed E-state index contributed by atoms with van der Waals surface area (Å²) in [4.78, 5) is 13.2. The van der Waals surface area contributed by atoms with Gasteiger partial charge in [-0.3, -0.25) is 4.90 Å². The van der Waals surface area contributed by atoms with Gasteiger partial charge in [0, 0.05) is 6.04 Å². The molecular formula is C12H17NO3. The number of carboxylic acid groups (broad SMARTS) is 1. The molecule has 0 aromatic carbocycles. The predicted octanol–water partition coefficient (Wildman–Crippen LogP) is 2.27. The highest BCUT2D eigenvalue weighted by Gasteiger charge is 2.28. The Morgan fingerprint density at radius 2 is 2.31 bits per heavy atom. The van der Waals surface area contributed by atoms with E-state index in [9.17, 15) is 4.79 Å². The van der Waals surface area contributed by atoms with Gasteiger partial charge in [-0.2, -0.15) is 0 Å². The van der Waals surface area contributed by atoms with Crippen molar-refractivity contribution in [2.45, 2.75) is 39.3 Å². The first-order chi connectivity index (χ1) is 7.61. The zero-order valence-corrected chi connectivity index (χ0v) is 9.69. The van der Waals surface area contributed by atoms with E-state index in [2.05, 4.69) is 11.8 Å². The summed E-state index contributed by atoms with van der Waals surface area (Å²) in [7, 11) is 0. The summed E-state index contributed by atoms with van der Waals surface area (Å²) < 4.78 is 5.46. The third kappa shape index (κ3) is 2.27. The molecule has 1 saturated carbocycles. The first-order valence-electron chi connectivity index (χ1n) is 5.68. The Balaban J connectivity index is 2.08. The van der Waals surface area contributed by atoms with Gasteiger partial charge in [0.25, 0.3) is 0 Å². The Hall–Kier alpha value is -1.29. The van der Waals surface area contributed by atoms with E-state index in [4.69, 9.17) is 9.52 Å². The number of rotatable bonds is 5. The Labute approximate surface area is 94.9 Å². The summed E-state index contributed by atoms with van der Waals surface area (Å²) in [6, 6.07) is 2.31. The van der Waals surface area contributed by atoms with E-state index < -0.39 is 5.97 Å². The van der Waals surface area contributed by atoms with Gasteiger partial charge in [-0.15, -0.1) is 0 Å². The zero-order chi connectivity index (χ0) is 11.7. The number of aryl methyl sites for hydroxylation is 1. The number of aromatic carboxylic acids is 1. The molecule has 0 amide bonds. The third-order valence-electron chi connectivity index (χ3n) is 3.03. The topological polar surface area (TPSA) is 53.7 Å². The fourth-order valence-corrected chi connectivity index (χ4v) is 1.97. The Morgan fingerprint density at radius 1 is 1.62 bits per heavy atom. The van der Waals surface area contributed by atoms with Crippen molar-refractivity contribution >= 4 is 5.97 Å². The van der Waals surface area contributed by atoms with Crippen LogP contribution in [0.15, 0.2) is 10.5 Å². The quantitative estimate of drug-likeness (QED) is 0.832. The van der Waals surface area contributed by atoms with Crippen molar-refractivity contribution in [3.8, 4) is 0 Å². The van der Waals surface area contributed by atoms with Gasteiger partial charge in [0.1, 0.15) is 17.1 Å². The molecule has 88 valence electrons. The van der Waals surface area contributed by atoms with Crippen molar-refractivity contribution in [1.29, 1.82) is 0 Å². The molecule has 1 aromatic heterocycles. The van der Waals surface area contributed by atoms with Crippen molar-refractivity contribution in [2.24, 2.45) is 0 Å². The number of hydrogen-bond acceptors (Lipinski definition) is 3. The highest BCUT2D eigenvalue weighted by Crippen LogP contribution is 2.28. The third-order valence-corrected chi connectivity index (χ3v) is 3.03. The lowest BCUT2D eigenvalue weighted by Gasteiger charge is -2.17. The van der Waals surface area contributed by atoms with E-state index in [0.29, 0.717) is 11.8 Å². The van der Waals surface area contributed by atoms with Crippen molar-refractivity contribution in [3.63, 3.8) is 0 Å². The van der Waals surface area contributed by atoms with E-state index in [1.54, 1.807) is 13.0 Å². The summed E-state index contributed by atoms with van der Waals surface area (Å²) >= 11 is 0. The SMILES string of the molecule is CCN(Cc1cc(C(=O)O)c(C)o1)C1CC1. The standard InChI is InChI=1S/C12H17NO3/c1-3-13(9-4-5-9)7-10-6-11(12(14)15)8(2)16-10/h6,9H,3-5,7H2,1-2H3,(H,14,15). The molecule has 0 radical (unpaired) electrons. The van der Waals surface area contributed by atoms with Crippen LogP contribution in [0.25, 0.3) is 0 Å². The monoisotopic (exact) mass is 223 g/mol. The van der Waals surface area contributed by atoms with E-state index in [-0.39, 0.29) is 5.56 Å². The minimum atomic E-state index is -0.915. The van der Waals surface area contributed by atoms with Crippen LogP contribution in [-0.4, -0.2) is 28.6 Å². The summed E-state index contributed by atoms with van der Waals surface area (Å²) in [5, 5.41) is 8.92. The predicted molar refractivity (Wildman–Crippen MR) is 59.5 cm³/mol. The Kier molecular flexibility index (Phi) is 3.01. The van der Waals surface area contributed by atoms with Crippen LogP contribution in [-0.2, 0) is 6.54 Å². The van der Waals surface area contributed by atoms with Crippen molar-refractivity contribution in [2.75, 3.05) is 6.54 Å². The number of furan rings is 1. The average molecular weight is 223 g/mol. The fourth-order valence-electron chi connectivity index (χ4n) is 1.97. The molecule has 0 spiro atoms. The van der Waals surface area contributed by atoms with E-state index in [1.807, 2.05) is 0 Å². The van der Waals surface area contributed by atoms with Crippen LogP contribution in [0.1, 0.15) is 41.6 Å². The van der Waals surface area contributed by atoms with Gasteiger partial charge in [0.05, 0.1) is 6.54 Å². The van der Waals surface area contributed by atoms with Crippen LogP contribution in [0, 0.1) is 6.92 Å². The van der Waals surface area contributed by atoms with Crippen LogP contribution >= 0.6 is 0 Å². The van der Waals surface area contributed by atoms with Gasteiger partial charge in [0.15, 0.2) is 0 Å². The molecule has 16 heavy (non-hydrogen) atoms. The molecule has 4 nitrogen and oxygen atoms in total. The van der Waals surface area contributed by atoms with Crippen molar-refractivity contribution < 1.29 is 14.3 Å². The van der Waals surface area contributed by atoms with E-state index >= 15 is 0 Å². The van der Waals surface area contributed by atoms with Crippen LogP contribution in [0.2, 0.25) is 0 Å². The number of hydrogen-bond donors (Lipinski definition) is 1. The van der Waals surface area contributed by atoms with Crippen LogP contribution in [0.4, 0.5) is 0 Å². The summed E-state index contributed by atoms with van der Waals surface area (Å²) in [5.74, 6) is 0.333. The lowest BCUT2D eigenvalue weighted by molar-refractivity contribution is 0.0695. The maximum Gasteiger partial charge on any atom is 0.339 e. The van der Waals surface area contributed by atoms with Gasteiger partial charge in [-0.25, -0.2) is 4.79 Å². The minimum Gasteiger partial charge on any atom is -0.478 e. The highest BCUT2D eigenvalue weighted by molar-refractivity contribution is 5.88. The van der Waals surface area contributed by atoms with Gasteiger partial charge >= 0.3 is 5.97 Å². The zero-order valence-electron chi connectivity index (χ0n) is 9.69. The highest BCUT2D eigenvalue weighted by atomic mass is 16.4. The van der Waals surface area contributed by atoms with Crippen molar-refractivity contribution in [3.05, 3.63) is 23.2 Å². The van der Waals surface area contributed by atoms with Gasteiger partial charge < -0.3 is 9.52 Å². The molecule has 0 aliphatic heterocycles. The molecule has 0 atom stereocenters. The summed E-state index contributed by atoms with van der Waals surface area (Å²) in [6.07, 6.45) is 2.50. The van der Waals surface area contributed by atoms with Crippen LogP contribution < -0.4 is 0 Å². The van der Waals surface area contributed by atoms with Gasteiger partial charge in [-0.05, 0) is 32.4 Å². The number of carboxylic acids is 1. The van der Waals surface area contributed by atoms with Gasteiger partial charge in [-0.1, -0.05) is 6.92 Å². The first-order valence-corrected chi connectivity index (χ1v) is 5.68. The molecule has 0 unspecified atom stereocenters. The van der Waals surface area contributed by atoms with Gasteiger partial charge in [0.2, 0.25) is 0 Å². The van der Waals surface area contributed by atoms with E-state index in [0.717, 1.165) is 18.8 Å². The molecule has 0 bridgehead atoms. The van der Waals surface area contributed by atoms with Crippen molar-refractivity contribution in [1.82, 2.24) is 4.90 Å². The Morgan fingerprint density at radius 3 is 2.75 bits per heavy atom. The lowest BCUT2D eigenvalue weighted by Crippen LogP contribution is -2.24. The van der Waals surface area contributed by atoms with Crippen LogP contribution in [0.5, 0.6) is 0 Å². The molecule has 1 aromatic rings. The second kappa shape index (κ2) is 4.29. The summed E-state index contributed by atoms with van der Waals surface area (Å²) in [5.41, 5.74) is 0.279. The smallest absolute Gasteiger partial charge is 0.339 e. The number of nitrogens with zero attached hydrogens (tertiary/aromatic N) is 1. The molecular weight excluding hydrogens is 206 g/mol. The lowest BCUT2D eigenvalue weighted by atomic mass is 10.2. The Bertz CT molecular complexity index is 393. The fraction of sp³-hybridized carbons (Fsp3) is 0.583. The molecule has 1 heterocycles. The van der Waals surface area contributed by atoms with E-state index in [1.165, 1.54) is 12.8 Å². The molecule has 1 N–H and O–H groups in total. The first kappa shape index (κ1) is 11.2. The maximum absolute atomic E-state index is 10.9. The second-order valence-electron chi connectivity index (χ2n) is 4.28. The van der Waals surface area contributed by atoms with Crippen LogP contribution in [0.3, 0.4) is 0 Å². The minimum absolute atomic E-state index is 0.279. The molecule has 1 fully saturated rings. The largest absolute Gasteiger partial charge is 0.478 e. The normalized spacial score (nSPS) is 15.7. The molecule has 1 aliphatic carbocycles. The summed E-state index contributed by atoms with van der Waals surface area (Å²) in [6.45, 7) is 5.51. The second-order valence-corrected chi connectivity index (χ2v) is 4.28. The molecule has 0 saturated heterocycles. The average Bonchev–Trinajstić information content (AvgIpc) is 2.99. The maximum atomic E-state index is 10.9. The molecule has 4 heteroatoms. The molecule has 2 rings (SSSR count).